The molecule has 106 valence electrons. The van der Waals surface area contributed by atoms with Crippen LogP contribution in [0.4, 0.5) is 5.82 Å². The predicted molar refractivity (Wildman–Crippen MR) is 74.5 cm³/mol. The van der Waals surface area contributed by atoms with Crippen LogP contribution < -0.4 is 5.73 Å². The average Bonchev–Trinajstić information content (AvgIpc) is 2.95. The van der Waals surface area contributed by atoms with Gasteiger partial charge in [0.05, 0.1) is 18.1 Å². The summed E-state index contributed by atoms with van der Waals surface area (Å²) in [5.41, 5.74) is 6.63. The number of nitrogens with two attached hydrogens (primary N) is 1. The second-order valence-electron chi connectivity index (χ2n) is 5.28. The van der Waals surface area contributed by atoms with Gasteiger partial charge in [0, 0.05) is 20.0 Å². The molecule has 1 amide bonds. The van der Waals surface area contributed by atoms with Gasteiger partial charge in [-0.15, -0.1) is 0 Å². The lowest BCUT2D eigenvalue weighted by Crippen LogP contribution is -2.26. The molecular formula is C13H18N6O. The zero-order valence-electron chi connectivity index (χ0n) is 11.7. The molecule has 1 atom stereocenters. The number of carbonyl (C=O) groups excluding carboxylic acids is 1. The molecule has 7 heteroatoms. The van der Waals surface area contributed by atoms with Crippen molar-refractivity contribution in [1.82, 2.24) is 24.6 Å². The first-order valence-corrected chi connectivity index (χ1v) is 6.80. The van der Waals surface area contributed by atoms with Gasteiger partial charge in [-0.25, -0.2) is 9.97 Å². The summed E-state index contributed by atoms with van der Waals surface area (Å²) < 4.78 is 1.66. The number of amides is 1. The molecule has 0 aromatic carbocycles. The van der Waals surface area contributed by atoms with Gasteiger partial charge in [-0.3, -0.25) is 9.48 Å². The van der Waals surface area contributed by atoms with E-state index in [9.17, 15) is 4.79 Å². The van der Waals surface area contributed by atoms with Gasteiger partial charge < -0.3 is 10.6 Å². The Morgan fingerprint density at radius 3 is 2.95 bits per heavy atom. The molecule has 20 heavy (non-hydrogen) atoms. The molecule has 0 aliphatic carbocycles. The van der Waals surface area contributed by atoms with E-state index in [4.69, 9.17) is 5.73 Å². The molecule has 0 radical (unpaired) electrons. The molecule has 1 fully saturated rings. The van der Waals surface area contributed by atoms with Gasteiger partial charge in [0.1, 0.15) is 5.82 Å². The number of anilines is 1. The summed E-state index contributed by atoms with van der Waals surface area (Å²) in [5, 5.41) is 4.87. The number of nitrogens with zero attached hydrogens (tertiary/aromatic N) is 5. The van der Waals surface area contributed by atoms with Crippen LogP contribution in [-0.2, 0) is 18.4 Å². The summed E-state index contributed by atoms with van der Waals surface area (Å²) in [6.45, 7) is 3.31. The van der Waals surface area contributed by atoms with E-state index in [2.05, 4.69) is 22.0 Å². The summed E-state index contributed by atoms with van der Waals surface area (Å²) in [5.74, 6) is 1.60. The maximum Gasteiger partial charge on any atom is 0.223 e. The van der Waals surface area contributed by atoms with Crippen LogP contribution >= 0.6 is 0 Å². The molecule has 1 aliphatic heterocycles. The van der Waals surface area contributed by atoms with Crippen LogP contribution in [0, 0.1) is 5.92 Å². The van der Waals surface area contributed by atoms with Crippen LogP contribution in [0.3, 0.4) is 0 Å². The van der Waals surface area contributed by atoms with Crippen LogP contribution in [0.25, 0.3) is 11.0 Å². The van der Waals surface area contributed by atoms with Gasteiger partial charge in [0.15, 0.2) is 11.5 Å². The van der Waals surface area contributed by atoms with Crippen LogP contribution in [0.1, 0.15) is 25.6 Å². The summed E-state index contributed by atoms with van der Waals surface area (Å²) in [4.78, 5) is 22.5. The van der Waals surface area contributed by atoms with E-state index in [-0.39, 0.29) is 5.91 Å². The van der Waals surface area contributed by atoms with Crippen molar-refractivity contribution in [3.63, 3.8) is 0 Å². The molecule has 0 spiro atoms. The highest BCUT2D eigenvalue weighted by Gasteiger charge is 2.29. The first kappa shape index (κ1) is 12.8. The fourth-order valence-electron chi connectivity index (χ4n) is 2.61. The minimum atomic E-state index is 0.170. The topological polar surface area (TPSA) is 89.9 Å². The van der Waals surface area contributed by atoms with E-state index < -0.39 is 0 Å². The molecule has 0 bridgehead atoms. The van der Waals surface area contributed by atoms with Crippen molar-refractivity contribution in [3.05, 3.63) is 12.0 Å². The maximum absolute atomic E-state index is 11.9. The molecule has 2 N–H and O–H groups in total. The van der Waals surface area contributed by atoms with Crippen molar-refractivity contribution >= 4 is 22.8 Å². The predicted octanol–water partition coefficient (Wildman–Crippen LogP) is 0.704. The lowest BCUT2D eigenvalue weighted by atomic mass is 10.1. The Bertz CT molecular complexity index is 664. The van der Waals surface area contributed by atoms with Gasteiger partial charge >= 0.3 is 0 Å². The van der Waals surface area contributed by atoms with Gasteiger partial charge in [-0.1, -0.05) is 13.3 Å². The van der Waals surface area contributed by atoms with Crippen LogP contribution in [-0.4, -0.2) is 37.1 Å². The maximum atomic E-state index is 11.9. The van der Waals surface area contributed by atoms with Crippen molar-refractivity contribution in [2.45, 2.75) is 26.3 Å². The highest BCUT2D eigenvalue weighted by atomic mass is 16.2. The summed E-state index contributed by atoms with van der Waals surface area (Å²) in [6.07, 6.45) is 3.30. The zero-order chi connectivity index (χ0) is 14.3. The van der Waals surface area contributed by atoms with Gasteiger partial charge in [0.25, 0.3) is 0 Å². The van der Waals surface area contributed by atoms with E-state index in [0.29, 0.717) is 36.2 Å². The number of rotatable bonds is 3. The van der Waals surface area contributed by atoms with E-state index >= 15 is 0 Å². The van der Waals surface area contributed by atoms with Gasteiger partial charge in [-0.2, -0.15) is 5.10 Å². The van der Waals surface area contributed by atoms with Gasteiger partial charge in [-0.05, 0) is 5.92 Å². The third-order valence-electron chi connectivity index (χ3n) is 3.87. The Hall–Kier alpha value is -2.18. The van der Waals surface area contributed by atoms with Crippen LogP contribution in [0.5, 0.6) is 0 Å². The van der Waals surface area contributed by atoms with Crippen LogP contribution in [0.15, 0.2) is 6.20 Å². The van der Waals surface area contributed by atoms with Crippen LogP contribution in [0.2, 0.25) is 0 Å². The zero-order valence-corrected chi connectivity index (χ0v) is 11.7. The largest absolute Gasteiger partial charge is 0.383 e. The van der Waals surface area contributed by atoms with Gasteiger partial charge in [0.2, 0.25) is 5.91 Å². The Labute approximate surface area is 116 Å². The first-order chi connectivity index (χ1) is 9.58. The van der Waals surface area contributed by atoms with Crippen molar-refractivity contribution in [1.29, 1.82) is 0 Å². The minimum absolute atomic E-state index is 0.170. The highest BCUT2D eigenvalue weighted by molar-refractivity contribution is 5.85. The highest BCUT2D eigenvalue weighted by Crippen LogP contribution is 2.23. The molecule has 3 heterocycles. The number of hydrogen-bond acceptors (Lipinski definition) is 5. The summed E-state index contributed by atoms with van der Waals surface area (Å²) in [7, 11) is 1.81. The number of fused-ring (bicyclic) bond motifs is 1. The second-order valence-corrected chi connectivity index (χ2v) is 5.28. The Morgan fingerprint density at radius 1 is 1.45 bits per heavy atom. The molecule has 2 aromatic heterocycles. The molecule has 1 saturated heterocycles. The molecule has 1 aliphatic rings. The lowest BCUT2D eigenvalue weighted by molar-refractivity contribution is -0.128. The number of carbonyl (C=O) groups is 1. The van der Waals surface area contributed by atoms with E-state index in [1.807, 2.05) is 11.9 Å². The summed E-state index contributed by atoms with van der Waals surface area (Å²) in [6, 6.07) is 0. The SMILES string of the molecule is CCC1CC(=O)N(Cc2nc(N)c3cnn(C)c3n2)C1. The smallest absolute Gasteiger partial charge is 0.223 e. The van der Waals surface area contributed by atoms with Crippen molar-refractivity contribution < 1.29 is 4.79 Å². The third-order valence-corrected chi connectivity index (χ3v) is 3.87. The molecule has 1 unspecified atom stereocenters. The lowest BCUT2D eigenvalue weighted by Gasteiger charge is -2.15. The Morgan fingerprint density at radius 2 is 2.25 bits per heavy atom. The van der Waals surface area contributed by atoms with Crippen molar-refractivity contribution in [3.8, 4) is 0 Å². The van der Waals surface area contributed by atoms with E-state index in [1.165, 1.54) is 0 Å². The molecule has 3 rings (SSSR count). The third kappa shape index (κ3) is 2.09. The fourth-order valence-corrected chi connectivity index (χ4v) is 2.61. The van der Waals surface area contributed by atoms with Crippen molar-refractivity contribution in [2.24, 2.45) is 13.0 Å². The Kier molecular flexibility index (Phi) is 3.04. The van der Waals surface area contributed by atoms with E-state index in [0.717, 1.165) is 18.4 Å². The second kappa shape index (κ2) is 4.73. The number of nitrogen functional groups attached to an aromatic ring is 1. The average molecular weight is 274 g/mol. The Balaban J connectivity index is 1.88. The molecule has 0 saturated carbocycles. The number of likely N-dealkylation sites (tertiary alicyclic amines) is 1. The van der Waals surface area contributed by atoms with Crippen molar-refractivity contribution in [2.75, 3.05) is 12.3 Å². The number of aryl methyl sites for hydroxylation is 1. The summed E-state index contributed by atoms with van der Waals surface area (Å²) >= 11 is 0. The molecule has 2 aromatic rings. The quantitative estimate of drug-likeness (QED) is 0.890. The minimum Gasteiger partial charge on any atom is -0.383 e. The number of aromatic nitrogens is 4. The first-order valence-electron chi connectivity index (χ1n) is 6.80. The normalized spacial score (nSPS) is 19.2. The standard InChI is InChI=1S/C13H18N6O/c1-3-8-4-11(20)19(6-8)7-10-16-12(14)9-5-15-18(2)13(9)17-10/h5,8H,3-4,6-7H2,1-2H3,(H2,14,16,17). The number of hydrogen-bond donors (Lipinski definition) is 1. The fraction of sp³-hybridized carbons (Fsp3) is 0.538. The monoisotopic (exact) mass is 274 g/mol. The molecular weight excluding hydrogens is 256 g/mol. The molecule has 7 nitrogen and oxygen atoms in total. The van der Waals surface area contributed by atoms with E-state index in [1.54, 1.807) is 10.9 Å².